The minimum atomic E-state index is -0.713. The zero-order valence-electron chi connectivity index (χ0n) is 28.2. The molecular formula is C38H46ClNO7. The van der Waals surface area contributed by atoms with Gasteiger partial charge in [0, 0.05) is 29.8 Å². The fourth-order valence-corrected chi connectivity index (χ4v) is 5.36. The van der Waals surface area contributed by atoms with Gasteiger partial charge in [0.1, 0.15) is 42.0 Å². The van der Waals surface area contributed by atoms with Crippen LogP contribution in [0.3, 0.4) is 0 Å². The van der Waals surface area contributed by atoms with Crippen molar-refractivity contribution in [2.24, 2.45) is 10.8 Å². The second-order valence-corrected chi connectivity index (χ2v) is 14.0. The standard InChI is InChI=1S/C38H45NO7.ClH/c1-37(2,3)35(41)45-28-16-10-25(11-17-28)30-24-44-32-23-29(46-36(42)38(4,5)6)22-31(40)34(32)33(30)26-12-14-27(15-13-26)43-21-20-39-18-8-7-9-19-39;/h10-17,22-23,40H,7-9,18-21,24H2,1-6H3;1H. The minimum Gasteiger partial charge on any atom is -0.507 e. The first-order valence-corrected chi connectivity index (χ1v) is 16.0. The number of phenols is 1. The first-order chi connectivity index (χ1) is 21.8. The lowest BCUT2D eigenvalue weighted by Gasteiger charge is -2.27. The molecule has 1 saturated heterocycles. The van der Waals surface area contributed by atoms with E-state index in [-0.39, 0.29) is 36.5 Å². The fraction of sp³-hybridized carbons (Fsp3) is 0.421. The number of carbonyl (C=O) groups excluding carboxylic acids is 2. The summed E-state index contributed by atoms with van der Waals surface area (Å²) >= 11 is 0. The number of halogens is 1. The van der Waals surface area contributed by atoms with Gasteiger partial charge in [-0.3, -0.25) is 14.5 Å². The Kier molecular flexibility index (Phi) is 11.3. The predicted octanol–water partition coefficient (Wildman–Crippen LogP) is 7.93. The van der Waals surface area contributed by atoms with Crippen LogP contribution in [-0.2, 0) is 9.59 Å². The number of fused-ring (bicyclic) bond motifs is 1. The van der Waals surface area contributed by atoms with Crippen molar-refractivity contribution in [2.75, 3.05) is 32.8 Å². The molecule has 0 amide bonds. The van der Waals surface area contributed by atoms with Crippen LogP contribution in [0.5, 0.6) is 28.7 Å². The van der Waals surface area contributed by atoms with Crippen molar-refractivity contribution in [3.8, 4) is 28.7 Å². The lowest BCUT2D eigenvalue weighted by molar-refractivity contribution is -0.143. The van der Waals surface area contributed by atoms with Gasteiger partial charge >= 0.3 is 11.9 Å². The Morgan fingerprint density at radius 2 is 1.32 bits per heavy atom. The van der Waals surface area contributed by atoms with Crippen molar-refractivity contribution < 1.29 is 33.6 Å². The molecule has 0 atom stereocenters. The zero-order valence-corrected chi connectivity index (χ0v) is 29.0. The molecule has 0 aliphatic carbocycles. The predicted molar refractivity (Wildman–Crippen MR) is 186 cm³/mol. The minimum absolute atomic E-state index is 0. The molecule has 0 radical (unpaired) electrons. The molecule has 1 N–H and O–H groups in total. The van der Waals surface area contributed by atoms with Crippen molar-refractivity contribution in [2.45, 2.75) is 60.8 Å². The molecule has 5 rings (SSSR count). The van der Waals surface area contributed by atoms with E-state index < -0.39 is 16.8 Å². The number of hydrogen-bond donors (Lipinski definition) is 1. The smallest absolute Gasteiger partial charge is 0.316 e. The van der Waals surface area contributed by atoms with Gasteiger partial charge in [-0.05, 0) is 103 Å². The first kappa shape index (κ1) is 35.8. The normalized spacial score (nSPS) is 15.2. The Labute approximate surface area is 284 Å². The zero-order chi connectivity index (χ0) is 33.1. The Bertz CT molecular complexity index is 1590. The number of esters is 2. The van der Waals surface area contributed by atoms with Crippen LogP contribution >= 0.6 is 12.4 Å². The van der Waals surface area contributed by atoms with Gasteiger partial charge in [-0.2, -0.15) is 0 Å². The van der Waals surface area contributed by atoms with Crippen LogP contribution < -0.4 is 18.9 Å². The Morgan fingerprint density at radius 1 is 0.766 bits per heavy atom. The fourth-order valence-electron chi connectivity index (χ4n) is 5.36. The molecule has 0 spiro atoms. The van der Waals surface area contributed by atoms with E-state index >= 15 is 0 Å². The summed E-state index contributed by atoms with van der Waals surface area (Å²) in [6.45, 7) is 14.7. The van der Waals surface area contributed by atoms with E-state index in [2.05, 4.69) is 4.90 Å². The average Bonchev–Trinajstić information content (AvgIpc) is 3.01. The van der Waals surface area contributed by atoms with Crippen LogP contribution in [0.2, 0.25) is 0 Å². The molecule has 1 fully saturated rings. The highest BCUT2D eigenvalue weighted by Gasteiger charge is 2.29. The Morgan fingerprint density at radius 3 is 1.91 bits per heavy atom. The maximum absolute atomic E-state index is 12.6. The van der Waals surface area contributed by atoms with E-state index in [0.29, 0.717) is 23.7 Å². The van der Waals surface area contributed by atoms with E-state index in [9.17, 15) is 14.7 Å². The number of phenolic OH excluding ortho intramolecular Hbond substituents is 1. The third-order valence-corrected chi connectivity index (χ3v) is 8.10. The van der Waals surface area contributed by atoms with Gasteiger partial charge in [0.15, 0.2) is 0 Å². The monoisotopic (exact) mass is 663 g/mol. The number of hydrogen-bond acceptors (Lipinski definition) is 8. The summed E-state index contributed by atoms with van der Waals surface area (Å²) < 4.78 is 23.4. The molecule has 252 valence electrons. The van der Waals surface area contributed by atoms with Gasteiger partial charge in [-0.25, -0.2) is 0 Å². The van der Waals surface area contributed by atoms with E-state index in [1.54, 1.807) is 39.0 Å². The summed E-state index contributed by atoms with van der Waals surface area (Å²) in [6, 6.07) is 18.2. The maximum atomic E-state index is 12.6. The highest BCUT2D eigenvalue weighted by Crippen LogP contribution is 2.47. The summed E-state index contributed by atoms with van der Waals surface area (Å²) in [5.41, 5.74) is 2.49. The quantitative estimate of drug-likeness (QED) is 0.192. The van der Waals surface area contributed by atoms with Crippen LogP contribution in [0, 0.1) is 10.8 Å². The topological polar surface area (TPSA) is 94.5 Å². The lowest BCUT2D eigenvalue weighted by atomic mass is 9.87. The van der Waals surface area contributed by atoms with E-state index in [1.165, 1.54) is 25.3 Å². The van der Waals surface area contributed by atoms with E-state index in [4.69, 9.17) is 18.9 Å². The van der Waals surface area contributed by atoms with Crippen molar-refractivity contribution in [1.29, 1.82) is 0 Å². The second kappa shape index (κ2) is 14.8. The molecule has 0 saturated carbocycles. The van der Waals surface area contributed by atoms with E-state index in [1.807, 2.05) is 57.2 Å². The molecule has 9 heteroatoms. The van der Waals surface area contributed by atoms with E-state index in [0.717, 1.165) is 47.7 Å². The number of rotatable bonds is 8. The largest absolute Gasteiger partial charge is 0.507 e. The summed E-state index contributed by atoms with van der Waals surface area (Å²) in [7, 11) is 0. The molecule has 0 bridgehead atoms. The van der Waals surface area contributed by atoms with Gasteiger partial charge in [-0.1, -0.05) is 30.7 Å². The molecule has 2 aliphatic heterocycles. The molecule has 2 aliphatic rings. The Hall–Kier alpha value is -4.01. The summed E-state index contributed by atoms with van der Waals surface area (Å²) in [4.78, 5) is 27.5. The number of nitrogens with zero attached hydrogens (tertiary/aromatic N) is 1. The highest BCUT2D eigenvalue weighted by molar-refractivity contribution is 6.03. The van der Waals surface area contributed by atoms with Gasteiger partial charge in [-0.15, -0.1) is 12.4 Å². The number of aromatic hydroxyl groups is 1. The van der Waals surface area contributed by atoms with Crippen molar-refractivity contribution in [3.05, 3.63) is 77.4 Å². The van der Waals surface area contributed by atoms with Gasteiger partial charge in [0.25, 0.3) is 0 Å². The molecular weight excluding hydrogens is 618 g/mol. The number of benzene rings is 3. The van der Waals surface area contributed by atoms with Crippen LogP contribution in [0.25, 0.3) is 11.1 Å². The van der Waals surface area contributed by atoms with Crippen LogP contribution in [0.15, 0.2) is 60.7 Å². The summed E-state index contributed by atoms with van der Waals surface area (Å²) in [6.07, 6.45) is 3.80. The van der Waals surface area contributed by atoms with Crippen LogP contribution in [0.4, 0.5) is 0 Å². The van der Waals surface area contributed by atoms with Crippen molar-refractivity contribution >= 4 is 35.5 Å². The van der Waals surface area contributed by atoms with Crippen molar-refractivity contribution in [1.82, 2.24) is 4.90 Å². The first-order valence-electron chi connectivity index (χ1n) is 16.0. The maximum Gasteiger partial charge on any atom is 0.316 e. The SMILES string of the molecule is CC(C)(C)C(=O)Oc1ccc(C2=C(c3ccc(OCCN4CCCCC4)cc3)c3c(O)cc(OC(=O)C(C)(C)C)cc3OC2)cc1.Cl. The van der Waals surface area contributed by atoms with Crippen molar-refractivity contribution in [3.63, 3.8) is 0 Å². The highest BCUT2D eigenvalue weighted by atomic mass is 35.5. The Balaban J connectivity index is 0.00000500. The van der Waals surface area contributed by atoms with Gasteiger partial charge < -0.3 is 24.1 Å². The number of piperidine rings is 1. The average molecular weight is 664 g/mol. The molecule has 8 nitrogen and oxygen atoms in total. The third kappa shape index (κ3) is 8.87. The molecule has 0 unspecified atom stereocenters. The number of likely N-dealkylation sites (tertiary alicyclic amines) is 1. The van der Waals surface area contributed by atoms with Gasteiger partial charge in [0.05, 0.1) is 16.4 Å². The van der Waals surface area contributed by atoms with Gasteiger partial charge in [0.2, 0.25) is 0 Å². The molecule has 47 heavy (non-hydrogen) atoms. The summed E-state index contributed by atoms with van der Waals surface area (Å²) in [5.74, 6) is 1.04. The second-order valence-electron chi connectivity index (χ2n) is 14.0. The molecule has 2 heterocycles. The molecule has 0 aromatic heterocycles. The lowest BCUT2D eigenvalue weighted by Crippen LogP contribution is -2.33. The summed E-state index contributed by atoms with van der Waals surface area (Å²) in [5, 5.41) is 11.4. The molecule has 3 aromatic carbocycles. The molecule has 3 aromatic rings. The van der Waals surface area contributed by atoms with Crippen LogP contribution in [0.1, 0.15) is 77.5 Å². The third-order valence-electron chi connectivity index (χ3n) is 8.10. The van der Waals surface area contributed by atoms with Crippen LogP contribution in [-0.4, -0.2) is 54.8 Å². The number of ether oxygens (including phenoxy) is 4. The number of carbonyl (C=O) groups is 2.